The number of carbonyl (C=O) groups excluding carboxylic acids is 1. The number of carbonyl (C=O) groups is 2. The molecule has 1 amide bonds. The number of piperazine rings is 1. The number of hydrogen-bond donors (Lipinski definition) is 1. The molecule has 2 aromatic rings. The lowest BCUT2D eigenvalue weighted by atomic mass is 10.1. The summed E-state index contributed by atoms with van der Waals surface area (Å²) in [6.45, 7) is 2.27. The summed E-state index contributed by atoms with van der Waals surface area (Å²) in [6, 6.07) is 10.9. The van der Waals surface area contributed by atoms with Gasteiger partial charge < -0.3 is 19.6 Å². The van der Waals surface area contributed by atoms with Crippen LogP contribution in [0.2, 0.25) is 0 Å². The summed E-state index contributed by atoms with van der Waals surface area (Å²) in [6.07, 6.45) is 2.70. The Balaban J connectivity index is 1.54. The van der Waals surface area contributed by atoms with Gasteiger partial charge >= 0.3 is 5.97 Å². The lowest BCUT2D eigenvalue weighted by Crippen LogP contribution is -2.49. The van der Waals surface area contributed by atoms with E-state index in [1.54, 1.807) is 25.4 Å². The maximum Gasteiger partial charge on any atom is 0.339 e. The molecule has 7 nitrogen and oxygen atoms in total. The molecule has 1 aliphatic heterocycles. The van der Waals surface area contributed by atoms with Gasteiger partial charge in [0.2, 0.25) is 5.91 Å². The summed E-state index contributed by atoms with van der Waals surface area (Å²) in [7, 11) is 1.63. The van der Waals surface area contributed by atoms with E-state index in [1.807, 2.05) is 34.1 Å². The van der Waals surface area contributed by atoms with Gasteiger partial charge in [-0.25, -0.2) is 9.78 Å². The molecule has 0 aliphatic carbocycles. The van der Waals surface area contributed by atoms with Crippen LogP contribution in [0.25, 0.3) is 0 Å². The molecule has 7 heteroatoms. The number of carboxylic acid groups (broad SMARTS) is 1. The summed E-state index contributed by atoms with van der Waals surface area (Å²) in [4.78, 5) is 31.8. The standard InChI is InChI=1S/C20H23N3O4/c1-27-16-5-2-4-15(14-16)7-8-18(24)22-10-12-23(13-11-22)19-17(20(25)26)6-3-9-21-19/h2-6,9,14H,7-8,10-13H2,1H3,(H,25,26). The minimum atomic E-state index is -0.991. The van der Waals surface area contributed by atoms with Gasteiger partial charge in [-0.1, -0.05) is 12.1 Å². The van der Waals surface area contributed by atoms with Gasteiger partial charge in [-0.05, 0) is 36.2 Å². The quantitative estimate of drug-likeness (QED) is 0.839. The van der Waals surface area contributed by atoms with Crippen LogP contribution < -0.4 is 9.64 Å². The Bertz CT molecular complexity index is 816. The highest BCUT2D eigenvalue weighted by Gasteiger charge is 2.24. The highest BCUT2D eigenvalue weighted by Crippen LogP contribution is 2.20. The van der Waals surface area contributed by atoms with E-state index in [1.165, 1.54) is 0 Å². The average Bonchev–Trinajstić information content (AvgIpc) is 2.72. The number of aromatic nitrogens is 1. The smallest absolute Gasteiger partial charge is 0.339 e. The Labute approximate surface area is 158 Å². The van der Waals surface area contributed by atoms with Crippen molar-refractivity contribution in [2.45, 2.75) is 12.8 Å². The molecular weight excluding hydrogens is 346 g/mol. The fourth-order valence-corrected chi connectivity index (χ4v) is 3.22. The molecule has 27 heavy (non-hydrogen) atoms. The van der Waals surface area contributed by atoms with Crippen molar-refractivity contribution in [2.24, 2.45) is 0 Å². The Hall–Kier alpha value is -3.09. The highest BCUT2D eigenvalue weighted by atomic mass is 16.5. The van der Waals surface area contributed by atoms with Crippen molar-refractivity contribution in [1.82, 2.24) is 9.88 Å². The largest absolute Gasteiger partial charge is 0.497 e. The number of carboxylic acids is 1. The number of rotatable bonds is 6. The minimum absolute atomic E-state index is 0.108. The molecular formula is C20H23N3O4. The molecule has 0 spiro atoms. The van der Waals surface area contributed by atoms with E-state index in [-0.39, 0.29) is 11.5 Å². The van der Waals surface area contributed by atoms with Gasteiger partial charge in [0.15, 0.2) is 0 Å². The van der Waals surface area contributed by atoms with Crippen molar-refractivity contribution in [3.63, 3.8) is 0 Å². The first-order valence-electron chi connectivity index (χ1n) is 8.92. The molecule has 1 saturated heterocycles. The van der Waals surface area contributed by atoms with Crippen molar-refractivity contribution in [2.75, 3.05) is 38.2 Å². The van der Waals surface area contributed by atoms with Crippen molar-refractivity contribution in [3.05, 3.63) is 53.7 Å². The number of methoxy groups -OCH3 is 1. The Morgan fingerprint density at radius 3 is 2.63 bits per heavy atom. The molecule has 2 heterocycles. The summed E-state index contributed by atoms with van der Waals surface area (Å²) in [5.74, 6) is 0.374. The van der Waals surface area contributed by atoms with E-state index < -0.39 is 5.97 Å². The van der Waals surface area contributed by atoms with E-state index in [0.29, 0.717) is 44.8 Å². The number of anilines is 1. The zero-order valence-corrected chi connectivity index (χ0v) is 15.3. The van der Waals surface area contributed by atoms with Crippen LogP contribution in [0, 0.1) is 0 Å². The summed E-state index contributed by atoms with van der Waals surface area (Å²) >= 11 is 0. The Morgan fingerprint density at radius 1 is 1.15 bits per heavy atom. The lowest BCUT2D eigenvalue weighted by molar-refractivity contribution is -0.131. The number of aromatic carboxylic acids is 1. The molecule has 0 atom stereocenters. The third-order valence-electron chi connectivity index (χ3n) is 4.71. The molecule has 142 valence electrons. The second-order valence-electron chi connectivity index (χ2n) is 6.40. The van der Waals surface area contributed by atoms with Crippen LogP contribution in [0.1, 0.15) is 22.3 Å². The third kappa shape index (κ3) is 4.55. The van der Waals surface area contributed by atoms with Crippen molar-refractivity contribution in [3.8, 4) is 5.75 Å². The number of ether oxygens (including phenoxy) is 1. The first kappa shape index (κ1) is 18.7. The first-order valence-corrected chi connectivity index (χ1v) is 8.92. The predicted molar refractivity (Wildman–Crippen MR) is 101 cm³/mol. The monoisotopic (exact) mass is 369 g/mol. The highest BCUT2D eigenvalue weighted by molar-refractivity contribution is 5.93. The van der Waals surface area contributed by atoms with Crippen LogP contribution >= 0.6 is 0 Å². The van der Waals surface area contributed by atoms with Crippen LogP contribution in [-0.2, 0) is 11.2 Å². The van der Waals surface area contributed by atoms with Crippen molar-refractivity contribution >= 4 is 17.7 Å². The number of pyridine rings is 1. The van der Waals surface area contributed by atoms with E-state index in [0.717, 1.165) is 11.3 Å². The van der Waals surface area contributed by atoms with Crippen molar-refractivity contribution < 1.29 is 19.4 Å². The van der Waals surface area contributed by atoms with E-state index >= 15 is 0 Å². The lowest BCUT2D eigenvalue weighted by Gasteiger charge is -2.36. The van der Waals surface area contributed by atoms with Gasteiger partial charge in [0.05, 0.1) is 7.11 Å². The van der Waals surface area contributed by atoms with Crippen LogP contribution in [0.5, 0.6) is 5.75 Å². The zero-order chi connectivity index (χ0) is 19.2. The van der Waals surface area contributed by atoms with Gasteiger partial charge in [0, 0.05) is 38.8 Å². The van der Waals surface area contributed by atoms with Gasteiger partial charge in [-0.3, -0.25) is 4.79 Å². The maximum absolute atomic E-state index is 12.5. The SMILES string of the molecule is COc1cccc(CCC(=O)N2CCN(c3ncccc3C(=O)O)CC2)c1. The van der Waals surface area contributed by atoms with E-state index in [9.17, 15) is 14.7 Å². The number of amides is 1. The molecule has 0 unspecified atom stereocenters. The fraction of sp³-hybridized carbons (Fsp3) is 0.350. The first-order chi connectivity index (χ1) is 13.1. The van der Waals surface area contributed by atoms with E-state index in [2.05, 4.69) is 4.98 Å². The molecule has 1 aromatic carbocycles. The van der Waals surface area contributed by atoms with Crippen LogP contribution in [0.4, 0.5) is 5.82 Å². The number of benzene rings is 1. The molecule has 0 bridgehead atoms. The van der Waals surface area contributed by atoms with Crippen molar-refractivity contribution in [1.29, 1.82) is 0 Å². The van der Waals surface area contributed by atoms with Gasteiger partial charge in [0.25, 0.3) is 0 Å². The predicted octanol–water partition coefficient (Wildman–Crippen LogP) is 2.07. The molecule has 3 rings (SSSR count). The second-order valence-corrected chi connectivity index (χ2v) is 6.40. The fourth-order valence-electron chi connectivity index (χ4n) is 3.22. The summed E-state index contributed by atoms with van der Waals surface area (Å²) in [5, 5.41) is 9.31. The topological polar surface area (TPSA) is 83.0 Å². The zero-order valence-electron chi connectivity index (χ0n) is 15.3. The van der Waals surface area contributed by atoms with Gasteiger partial charge in [0.1, 0.15) is 17.1 Å². The third-order valence-corrected chi connectivity index (χ3v) is 4.71. The number of nitrogens with zero attached hydrogens (tertiary/aromatic N) is 3. The van der Waals surface area contributed by atoms with Gasteiger partial charge in [-0.15, -0.1) is 0 Å². The Morgan fingerprint density at radius 2 is 1.93 bits per heavy atom. The van der Waals surface area contributed by atoms with Crippen LogP contribution in [0.15, 0.2) is 42.6 Å². The summed E-state index contributed by atoms with van der Waals surface area (Å²) < 4.78 is 5.21. The Kier molecular flexibility index (Phi) is 5.90. The number of hydrogen-bond acceptors (Lipinski definition) is 5. The number of aryl methyl sites for hydroxylation is 1. The normalized spacial score (nSPS) is 14.1. The molecule has 0 saturated carbocycles. The molecule has 1 N–H and O–H groups in total. The minimum Gasteiger partial charge on any atom is -0.497 e. The molecule has 0 radical (unpaired) electrons. The summed E-state index contributed by atoms with van der Waals surface area (Å²) in [5.41, 5.74) is 1.26. The average molecular weight is 369 g/mol. The maximum atomic E-state index is 12.5. The van der Waals surface area contributed by atoms with E-state index in [4.69, 9.17) is 4.74 Å². The van der Waals surface area contributed by atoms with Gasteiger partial charge in [-0.2, -0.15) is 0 Å². The van der Waals surface area contributed by atoms with Crippen LogP contribution in [0.3, 0.4) is 0 Å². The molecule has 1 fully saturated rings. The van der Waals surface area contributed by atoms with Crippen LogP contribution in [-0.4, -0.2) is 60.2 Å². The second kappa shape index (κ2) is 8.53. The molecule has 1 aliphatic rings. The molecule has 1 aromatic heterocycles.